The Morgan fingerprint density at radius 2 is 2.17 bits per heavy atom. The van der Waals surface area contributed by atoms with Gasteiger partial charge >= 0.3 is 0 Å². The van der Waals surface area contributed by atoms with Gasteiger partial charge in [-0.2, -0.15) is 0 Å². The van der Waals surface area contributed by atoms with Crippen molar-refractivity contribution < 1.29 is 0 Å². The van der Waals surface area contributed by atoms with Gasteiger partial charge in [-0.15, -0.1) is 11.3 Å². The molecule has 0 bridgehead atoms. The Labute approximate surface area is 121 Å². The summed E-state index contributed by atoms with van der Waals surface area (Å²) in [4.78, 5) is 5.50. The van der Waals surface area contributed by atoms with Crippen LogP contribution in [0.15, 0.2) is 24.4 Å². The van der Waals surface area contributed by atoms with E-state index in [9.17, 15) is 0 Å². The van der Waals surface area contributed by atoms with Gasteiger partial charge in [0, 0.05) is 17.1 Å². The van der Waals surface area contributed by atoms with Gasteiger partial charge in [-0.25, -0.2) is 4.98 Å². The normalized spacial score (nSPS) is 12.7. The van der Waals surface area contributed by atoms with E-state index in [0.717, 1.165) is 17.0 Å². The van der Waals surface area contributed by atoms with E-state index in [2.05, 4.69) is 10.3 Å². The van der Waals surface area contributed by atoms with E-state index in [-0.39, 0.29) is 6.04 Å². The molecule has 0 saturated carbocycles. The van der Waals surface area contributed by atoms with Gasteiger partial charge < -0.3 is 5.32 Å². The summed E-state index contributed by atoms with van der Waals surface area (Å²) in [5.41, 5.74) is 1.05. The van der Waals surface area contributed by atoms with Crippen molar-refractivity contribution in [2.75, 3.05) is 7.05 Å². The topological polar surface area (TPSA) is 24.9 Å². The van der Waals surface area contributed by atoms with Crippen LogP contribution >= 0.6 is 34.5 Å². The van der Waals surface area contributed by atoms with Gasteiger partial charge in [-0.1, -0.05) is 35.3 Å². The summed E-state index contributed by atoms with van der Waals surface area (Å²) in [5.74, 6) is 0. The molecule has 1 N–H and O–H groups in total. The minimum Gasteiger partial charge on any atom is -0.312 e. The molecule has 1 atom stereocenters. The number of aryl methyl sites for hydroxylation is 1. The fraction of sp³-hybridized carbons (Fsp3) is 0.308. The zero-order valence-electron chi connectivity index (χ0n) is 10.2. The summed E-state index contributed by atoms with van der Waals surface area (Å²) in [6.07, 6.45) is 2.72. The van der Waals surface area contributed by atoms with Crippen LogP contribution in [-0.4, -0.2) is 12.0 Å². The molecule has 0 saturated heterocycles. The first kappa shape index (κ1) is 13.8. The molecule has 2 nitrogen and oxygen atoms in total. The van der Waals surface area contributed by atoms with Gasteiger partial charge in [0.1, 0.15) is 0 Å². The number of rotatable bonds is 4. The SMILES string of the molecule is CNC(Cc1cccc(Cl)c1Cl)c1cnc(C)s1. The minimum atomic E-state index is 0.215. The lowest BCUT2D eigenvalue weighted by Crippen LogP contribution is -2.17. The average molecular weight is 301 g/mol. The maximum Gasteiger partial charge on any atom is 0.0897 e. The van der Waals surface area contributed by atoms with Crippen LogP contribution in [0, 0.1) is 6.92 Å². The summed E-state index contributed by atoms with van der Waals surface area (Å²) in [5, 5.41) is 5.61. The highest BCUT2D eigenvalue weighted by Crippen LogP contribution is 2.30. The molecule has 0 fully saturated rings. The van der Waals surface area contributed by atoms with Crippen LogP contribution < -0.4 is 5.32 Å². The number of aromatic nitrogens is 1. The van der Waals surface area contributed by atoms with Crippen molar-refractivity contribution >= 4 is 34.5 Å². The second kappa shape index (κ2) is 6.02. The zero-order chi connectivity index (χ0) is 13.1. The maximum absolute atomic E-state index is 6.21. The molecule has 18 heavy (non-hydrogen) atoms. The Bertz CT molecular complexity index is 540. The molecule has 5 heteroatoms. The van der Waals surface area contributed by atoms with Gasteiger partial charge in [0.2, 0.25) is 0 Å². The smallest absolute Gasteiger partial charge is 0.0897 e. The molecular weight excluding hydrogens is 287 g/mol. The highest BCUT2D eigenvalue weighted by atomic mass is 35.5. The number of thiazole rings is 1. The standard InChI is InChI=1S/C13H14Cl2N2S/c1-8-17-7-12(18-8)11(16-2)6-9-4-3-5-10(14)13(9)15/h3-5,7,11,16H,6H2,1-2H3. The van der Waals surface area contributed by atoms with E-state index >= 15 is 0 Å². The van der Waals surface area contributed by atoms with E-state index in [1.54, 1.807) is 17.4 Å². The van der Waals surface area contributed by atoms with Crippen molar-refractivity contribution in [1.29, 1.82) is 0 Å². The summed E-state index contributed by atoms with van der Waals surface area (Å²) in [6.45, 7) is 2.01. The highest BCUT2D eigenvalue weighted by Gasteiger charge is 2.15. The molecule has 0 radical (unpaired) electrons. The second-order valence-electron chi connectivity index (χ2n) is 4.04. The zero-order valence-corrected chi connectivity index (χ0v) is 12.5. The summed E-state index contributed by atoms with van der Waals surface area (Å²) >= 11 is 13.9. The van der Waals surface area contributed by atoms with E-state index in [1.165, 1.54) is 4.88 Å². The third kappa shape index (κ3) is 3.04. The van der Waals surface area contributed by atoms with Crippen LogP contribution in [0.25, 0.3) is 0 Å². The fourth-order valence-electron chi connectivity index (χ4n) is 1.81. The van der Waals surface area contributed by atoms with Crippen molar-refractivity contribution in [2.24, 2.45) is 0 Å². The molecule has 0 aliphatic carbocycles. The van der Waals surface area contributed by atoms with Crippen LogP contribution in [0.3, 0.4) is 0 Å². The van der Waals surface area contributed by atoms with Crippen LogP contribution in [0.1, 0.15) is 21.5 Å². The molecule has 1 aromatic carbocycles. The van der Waals surface area contributed by atoms with Crippen molar-refractivity contribution in [2.45, 2.75) is 19.4 Å². The third-order valence-corrected chi connectivity index (χ3v) is 4.67. The monoisotopic (exact) mass is 300 g/mol. The lowest BCUT2D eigenvalue weighted by molar-refractivity contribution is 0.601. The van der Waals surface area contributed by atoms with Crippen molar-refractivity contribution in [3.8, 4) is 0 Å². The third-order valence-electron chi connectivity index (χ3n) is 2.79. The van der Waals surface area contributed by atoms with Gasteiger partial charge in [0.05, 0.1) is 15.1 Å². The lowest BCUT2D eigenvalue weighted by Gasteiger charge is -2.15. The van der Waals surface area contributed by atoms with Crippen LogP contribution in [0.5, 0.6) is 0 Å². The Morgan fingerprint density at radius 1 is 1.39 bits per heavy atom. The molecule has 2 aromatic rings. The number of hydrogen-bond donors (Lipinski definition) is 1. The largest absolute Gasteiger partial charge is 0.312 e. The van der Waals surface area contributed by atoms with Gasteiger partial charge in [0.25, 0.3) is 0 Å². The lowest BCUT2D eigenvalue weighted by atomic mass is 10.1. The van der Waals surface area contributed by atoms with Crippen molar-refractivity contribution in [3.63, 3.8) is 0 Å². The van der Waals surface area contributed by atoms with Crippen LogP contribution in [0.2, 0.25) is 10.0 Å². The van der Waals surface area contributed by atoms with Gasteiger partial charge in [-0.3, -0.25) is 0 Å². The number of benzene rings is 1. The molecule has 1 heterocycles. The Kier molecular flexibility index (Phi) is 4.62. The van der Waals surface area contributed by atoms with Crippen LogP contribution in [0.4, 0.5) is 0 Å². The Hall–Kier alpha value is -0.610. The van der Waals surface area contributed by atoms with Gasteiger partial charge in [-0.05, 0) is 32.0 Å². The molecule has 1 aromatic heterocycles. The number of nitrogens with zero attached hydrogens (tertiary/aromatic N) is 1. The highest BCUT2D eigenvalue weighted by molar-refractivity contribution is 7.11. The maximum atomic E-state index is 6.21. The number of likely N-dealkylation sites (N-methyl/N-ethyl adjacent to an activating group) is 1. The predicted octanol–water partition coefficient (Wildman–Crippen LogP) is 4.26. The van der Waals surface area contributed by atoms with E-state index in [4.69, 9.17) is 23.2 Å². The molecule has 2 rings (SSSR count). The Balaban J connectivity index is 2.23. The first-order valence-corrected chi connectivity index (χ1v) is 7.21. The first-order valence-electron chi connectivity index (χ1n) is 5.64. The summed E-state index contributed by atoms with van der Waals surface area (Å²) in [6, 6.07) is 5.95. The summed E-state index contributed by atoms with van der Waals surface area (Å²) < 4.78 is 0. The van der Waals surface area contributed by atoms with E-state index < -0.39 is 0 Å². The predicted molar refractivity (Wildman–Crippen MR) is 78.8 cm³/mol. The molecule has 0 amide bonds. The van der Waals surface area contributed by atoms with E-state index in [0.29, 0.717) is 10.0 Å². The molecular formula is C13H14Cl2N2S. The van der Waals surface area contributed by atoms with Crippen molar-refractivity contribution in [1.82, 2.24) is 10.3 Å². The molecule has 0 aliphatic rings. The van der Waals surface area contributed by atoms with Gasteiger partial charge in [0.15, 0.2) is 0 Å². The first-order chi connectivity index (χ1) is 8.61. The molecule has 0 spiro atoms. The summed E-state index contributed by atoms with van der Waals surface area (Å²) in [7, 11) is 1.94. The number of hydrogen-bond acceptors (Lipinski definition) is 3. The minimum absolute atomic E-state index is 0.215. The molecule has 96 valence electrons. The quantitative estimate of drug-likeness (QED) is 0.912. The molecule has 1 unspecified atom stereocenters. The number of halogens is 2. The van der Waals surface area contributed by atoms with E-state index in [1.807, 2.05) is 32.3 Å². The fourth-order valence-corrected chi connectivity index (χ4v) is 3.10. The second-order valence-corrected chi connectivity index (χ2v) is 6.09. The average Bonchev–Trinajstić information content (AvgIpc) is 2.78. The Morgan fingerprint density at radius 3 is 2.78 bits per heavy atom. The van der Waals surface area contributed by atoms with Crippen molar-refractivity contribution in [3.05, 3.63) is 49.9 Å². The number of nitrogens with one attached hydrogen (secondary N) is 1. The van der Waals surface area contributed by atoms with Crippen LogP contribution in [-0.2, 0) is 6.42 Å². The molecule has 0 aliphatic heterocycles.